The van der Waals surface area contributed by atoms with Gasteiger partial charge in [0.1, 0.15) is 6.04 Å². The van der Waals surface area contributed by atoms with E-state index in [9.17, 15) is 9.59 Å². The van der Waals surface area contributed by atoms with E-state index in [0.29, 0.717) is 18.7 Å². The molecule has 22 heavy (non-hydrogen) atoms. The van der Waals surface area contributed by atoms with Crippen LogP contribution in [-0.2, 0) is 9.59 Å². The number of fused-ring (bicyclic) bond motifs is 1. The van der Waals surface area contributed by atoms with E-state index in [1.807, 2.05) is 36.4 Å². The lowest BCUT2D eigenvalue weighted by Crippen LogP contribution is -2.39. The van der Waals surface area contributed by atoms with Crippen molar-refractivity contribution in [3.05, 3.63) is 48.2 Å². The summed E-state index contributed by atoms with van der Waals surface area (Å²) in [7, 11) is 0. The Morgan fingerprint density at radius 2 is 2.05 bits per heavy atom. The maximum absolute atomic E-state index is 12.1. The Balaban J connectivity index is 1.77. The predicted octanol–water partition coefficient (Wildman–Crippen LogP) is 2.32. The highest BCUT2D eigenvalue weighted by atomic mass is 16.4. The first-order chi connectivity index (χ1) is 10.6. The van der Waals surface area contributed by atoms with Gasteiger partial charge in [-0.2, -0.15) is 0 Å². The van der Waals surface area contributed by atoms with Gasteiger partial charge in [-0.3, -0.25) is 4.79 Å². The van der Waals surface area contributed by atoms with Crippen LogP contribution >= 0.6 is 0 Å². The Morgan fingerprint density at radius 3 is 2.86 bits per heavy atom. The van der Waals surface area contributed by atoms with Crippen molar-refractivity contribution in [2.75, 3.05) is 6.54 Å². The zero-order chi connectivity index (χ0) is 15.5. The summed E-state index contributed by atoms with van der Waals surface area (Å²) in [6.45, 7) is 0.491. The van der Waals surface area contributed by atoms with Crippen LogP contribution < -0.4 is 0 Å². The minimum atomic E-state index is -0.942. The van der Waals surface area contributed by atoms with E-state index in [1.165, 1.54) is 11.0 Å². The lowest BCUT2D eigenvalue weighted by Gasteiger charge is -2.19. The Hall–Kier alpha value is -2.69. The number of benzene rings is 1. The normalized spacial score (nSPS) is 18.2. The van der Waals surface area contributed by atoms with Crippen LogP contribution in [0.2, 0.25) is 0 Å². The summed E-state index contributed by atoms with van der Waals surface area (Å²) in [5.41, 5.74) is 1.54. The van der Waals surface area contributed by atoms with Crippen molar-refractivity contribution >= 4 is 28.9 Å². The van der Waals surface area contributed by atoms with Gasteiger partial charge < -0.3 is 10.0 Å². The van der Waals surface area contributed by atoms with Crippen molar-refractivity contribution in [2.45, 2.75) is 18.9 Å². The molecule has 0 spiro atoms. The van der Waals surface area contributed by atoms with Gasteiger partial charge in [-0.05, 0) is 31.1 Å². The van der Waals surface area contributed by atoms with Gasteiger partial charge in [-0.25, -0.2) is 9.78 Å². The Morgan fingerprint density at radius 1 is 1.23 bits per heavy atom. The standard InChI is InChI=1S/C17H16N2O3/c20-16(19-11-3-6-15(19)17(21)22)10-9-13-8-7-12-4-1-2-5-14(12)18-13/h1-2,4-5,7-10,15H,3,6,11H2,(H,21,22)/b10-9+. The fourth-order valence-corrected chi connectivity index (χ4v) is 2.71. The number of nitrogens with zero attached hydrogens (tertiary/aromatic N) is 2. The molecule has 1 N–H and O–H groups in total. The number of aromatic nitrogens is 1. The number of aliphatic carboxylic acids is 1. The lowest BCUT2D eigenvalue weighted by atomic mass is 10.2. The van der Waals surface area contributed by atoms with Gasteiger partial charge in [0.2, 0.25) is 5.91 Å². The zero-order valence-electron chi connectivity index (χ0n) is 12.0. The molecule has 0 saturated carbocycles. The molecule has 0 aliphatic carbocycles. The van der Waals surface area contributed by atoms with Crippen LogP contribution in [0.15, 0.2) is 42.5 Å². The molecule has 1 fully saturated rings. The maximum Gasteiger partial charge on any atom is 0.326 e. The first kappa shape index (κ1) is 14.3. The number of carboxylic acids is 1. The third kappa shape index (κ3) is 2.83. The van der Waals surface area contributed by atoms with Gasteiger partial charge in [-0.15, -0.1) is 0 Å². The highest BCUT2D eigenvalue weighted by Crippen LogP contribution is 2.18. The van der Waals surface area contributed by atoms with E-state index in [1.54, 1.807) is 6.08 Å². The maximum atomic E-state index is 12.1. The Labute approximate surface area is 127 Å². The van der Waals surface area contributed by atoms with Crippen LogP contribution in [0.25, 0.3) is 17.0 Å². The minimum absolute atomic E-state index is 0.278. The molecule has 2 heterocycles. The number of carbonyl (C=O) groups excluding carboxylic acids is 1. The fourth-order valence-electron chi connectivity index (χ4n) is 2.71. The van der Waals surface area contributed by atoms with E-state index in [4.69, 9.17) is 5.11 Å². The van der Waals surface area contributed by atoms with E-state index in [0.717, 1.165) is 17.3 Å². The molecule has 1 aliphatic rings. The number of pyridine rings is 1. The first-order valence-electron chi connectivity index (χ1n) is 7.22. The van der Waals surface area contributed by atoms with Crippen LogP contribution in [0.3, 0.4) is 0 Å². The molecule has 1 aromatic carbocycles. The number of amides is 1. The number of hydrogen-bond acceptors (Lipinski definition) is 3. The number of carboxylic acid groups (broad SMARTS) is 1. The summed E-state index contributed by atoms with van der Waals surface area (Å²) in [6.07, 6.45) is 4.28. The molecule has 1 saturated heterocycles. The molecule has 5 nitrogen and oxygen atoms in total. The molecule has 5 heteroatoms. The highest BCUT2D eigenvalue weighted by Gasteiger charge is 2.32. The zero-order valence-corrected chi connectivity index (χ0v) is 12.0. The summed E-state index contributed by atoms with van der Waals surface area (Å²) in [4.78, 5) is 29.1. The van der Waals surface area contributed by atoms with Gasteiger partial charge in [-0.1, -0.05) is 24.3 Å². The largest absolute Gasteiger partial charge is 0.480 e. The molecular formula is C17H16N2O3. The van der Waals surface area contributed by atoms with Crippen LogP contribution in [0, 0.1) is 0 Å². The molecule has 1 aliphatic heterocycles. The summed E-state index contributed by atoms with van der Waals surface area (Å²) < 4.78 is 0. The van der Waals surface area contributed by atoms with Crippen molar-refractivity contribution in [2.24, 2.45) is 0 Å². The van der Waals surface area contributed by atoms with Crippen molar-refractivity contribution < 1.29 is 14.7 Å². The van der Waals surface area contributed by atoms with Crippen molar-refractivity contribution in [3.8, 4) is 0 Å². The third-order valence-electron chi connectivity index (χ3n) is 3.84. The number of para-hydroxylation sites is 1. The smallest absolute Gasteiger partial charge is 0.326 e. The number of rotatable bonds is 3. The summed E-state index contributed by atoms with van der Waals surface area (Å²) in [5.74, 6) is -1.22. The average molecular weight is 296 g/mol. The van der Waals surface area contributed by atoms with Gasteiger partial charge >= 0.3 is 5.97 Å². The van der Waals surface area contributed by atoms with E-state index >= 15 is 0 Å². The van der Waals surface area contributed by atoms with E-state index < -0.39 is 12.0 Å². The van der Waals surface area contributed by atoms with Crippen molar-refractivity contribution in [3.63, 3.8) is 0 Å². The van der Waals surface area contributed by atoms with Gasteiger partial charge in [0.05, 0.1) is 11.2 Å². The monoisotopic (exact) mass is 296 g/mol. The minimum Gasteiger partial charge on any atom is -0.480 e. The molecule has 3 rings (SSSR count). The Kier molecular flexibility index (Phi) is 3.87. The summed E-state index contributed by atoms with van der Waals surface area (Å²) in [6, 6.07) is 10.8. The molecule has 112 valence electrons. The fraction of sp³-hybridized carbons (Fsp3) is 0.235. The predicted molar refractivity (Wildman–Crippen MR) is 83.1 cm³/mol. The van der Waals surface area contributed by atoms with E-state index in [-0.39, 0.29) is 5.91 Å². The molecule has 0 bridgehead atoms. The molecule has 0 radical (unpaired) electrons. The van der Waals surface area contributed by atoms with Gasteiger partial charge in [0.25, 0.3) is 0 Å². The first-order valence-corrected chi connectivity index (χ1v) is 7.22. The van der Waals surface area contributed by atoms with Crippen LogP contribution in [0.4, 0.5) is 0 Å². The molecule has 1 unspecified atom stereocenters. The second-order valence-electron chi connectivity index (χ2n) is 5.29. The summed E-state index contributed by atoms with van der Waals surface area (Å²) in [5, 5.41) is 10.1. The molecule has 1 aromatic heterocycles. The quantitative estimate of drug-likeness (QED) is 0.882. The second kappa shape index (κ2) is 5.97. The Bertz CT molecular complexity index is 754. The average Bonchev–Trinajstić information content (AvgIpc) is 3.02. The molecule has 2 aromatic rings. The lowest BCUT2D eigenvalue weighted by molar-refractivity contribution is -0.146. The van der Waals surface area contributed by atoms with Crippen molar-refractivity contribution in [1.82, 2.24) is 9.88 Å². The molecule has 1 atom stereocenters. The van der Waals surface area contributed by atoms with Gasteiger partial charge in [0.15, 0.2) is 0 Å². The molecule has 1 amide bonds. The molecular weight excluding hydrogens is 280 g/mol. The van der Waals surface area contributed by atoms with Gasteiger partial charge in [0, 0.05) is 18.0 Å². The number of hydrogen-bond donors (Lipinski definition) is 1. The number of likely N-dealkylation sites (tertiary alicyclic amines) is 1. The summed E-state index contributed by atoms with van der Waals surface area (Å²) >= 11 is 0. The van der Waals surface area contributed by atoms with E-state index in [2.05, 4.69) is 4.98 Å². The SMILES string of the molecule is O=C(O)C1CCCN1C(=O)/C=C/c1ccc2ccccc2n1. The highest BCUT2D eigenvalue weighted by molar-refractivity contribution is 5.94. The van der Waals surface area contributed by atoms with Crippen LogP contribution in [0.1, 0.15) is 18.5 Å². The number of carbonyl (C=O) groups is 2. The van der Waals surface area contributed by atoms with Crippen LogP contribution in [-0.4, -0.2) is 39.5 Å². The topological polar surface area (TPSA) is 70.5 Å². The second-order valence-corrected chi connectivity index (χ2v) is 5.29. The van der Waals surface area contributed by atoms with Crippen LogP contribution in [0.5, 0.6) is 0 Å². The third-order valence-corrected chi connectivity index (χ3v) is 3.84. The van der Waals surface area contributed by atoms with Crippen molar-refractivity contribution in [1.29, 1.82) is 0 Å².